The molecule has 1 aromatic carbocycles. The van der Waals surface area contributed by atoms with E-state index in [-0.39, 0.29) is 0 Å². The highest BCUT2D eigenvalue weighted by atomic mass is 127. The summed E-state index contributed by atoms with van der Waals surface area (Å²) >= 11 is 3.97. The number of nitrogens with zero attached hydrogens (tertiary/aromatic N) is 3. The van der Waals surface area contributed by atoms with Gasteiger partial charge in [0.05, 0.1) is 17.7 Å². The van der Waals surface area contributed by atoms with Gasteiger partial charge in [-0.15, -0.1) is 11.8 Å². The molecule has 0 saturated carbocycles. The lowest BCUT2D eigenvalue weighted by atomic mass is 10.2. The summed E-state index contributed by atoms with van der Waals surface area (Å²) in [6.07, 6.45) is 3.15. The van der Waals surface area contributed by atoms with E-state index in [1.807, 2.05) is 35.7 Å². The Morgan fingerprint density at radius 3 is 2.79 bits per heavy atom. The van der Waals surface area contributed by atoms with Crippen molar-refractivity contribution < 1.29 is 4.79 Å². The second-order valence-electron chi connectivity index (χ2n) is 4.89. The van der Waals surface area contributed by atoms with Crippen molar-refractivity contribution in [3.63, 3.8) is 0 Å². The topological polar surface area (TPSA) is 71.8 Å². The third-order valence-corrected chi connectivity index (χ3v) is 6.40. The molecule has 1 amide bonds. The van der Waals surface area contributed by atoms with Crippen LogP contribution in [0.2, 0.25) is 0 Å². The van der Waals surface area contributed by atoms with Gasteiger partial charge in [-0.3, -0.25) is 9.13 Å². The van der Waals surface area contributed by atoms with Gasteiger partial charge in [-0.25, -0.2) is 9.97 Å². The standard InChI is InChI=1S/C15H15IN5OPS/c1-9-18-14-11(19-10-5-3-4-6-12(10)24-2)7-13(17-8-22)20-15(14)21(9)23-16/h3-8,23H,1-2H3,(H2,17,19,20,22). The zero-order valence-corrected chi connectivity index (χ0v) is 17.0. The quantitative estimate of drug-likeness (QED) is 0.239. The SMILES string of the molecule is CSc1ccccc1Nc1cc(NC=O)nc2c1nc(C)n2PI. The second kappa shape index (κ2) is 7.67. The lowest BCUT2D eigenvalue weighted by Gasteiger charge is -2.12. The summed E-state index contributed by atoms with van der Waals surface area (Å²) in [6, 6.07) is 9.89. The van der Waals surface area contributed by atoms with Gasteiger partial charge in [0.1, 0.15) is 17.2 Å². The van der Waals surface area contributed by atoms with E-state index < -0.39 is 0 Å². The van der Waals surface area contributed by atoms with Crippen LogP contribution >= 0.6 is 40.2 Å². The molecule has 2 N–H and O–H groups in total. The molecule has 3 aromatic rings. The minimum atomic E-state index is 0.481. The molecule has 0 radical (unpaired) electrons. The van der Waals surface area contributed by atoms with Gasteiger partial charge in [0, 0.05) is 11.0 Å². The Balaban J connectivity index is 2.16. The third kappa shape index (κ3) is 3.36. The molecule has 6 nitrogen and oxygen atoms in total. The van der Waals surface area contributed by atoms with Crippen LogP contribution in [0.5, 0.6) is 0 Å². The fourth-order valence-electron chi connectivity index (χ4n) is 2.38. The lowest BCUT2D eigenvalue weighted by molar-refractivity contribution is -0.105. The number of rotatable bonds is 6. The number of halogens is 1. The van der Waals surface area contributed by atoms with E-state index in [2.05, 4.69) is 48.7 Å². The van der Waals surface area contributed by atoms with Crippen molar-refractivity contribution >= 4 is 74.9 Å². The maximum absolute atomic E-state index is 10.8. The number of nitrogens with one attached hydrogen (secondary N) is 2. The molecule has 9 heteroatoms. The zero-order valence-electron chi connectivity index (χ0n) is 13.0. The smallest absolute Gasteiger partial charge is 0.212 e. The van der Waals surface area contributed by atoms with Crippen molar-refractivity contribution in [2.45, 2.75) is 11.8 Å². The van der Waals surface area contributed by atoms with Gasteiger partial charge >= 0.3 is 0 Å². The summed E-state index contributed by atoms with van der Waals surface area (Å²) in [5.74, 6) is 1.40. The number of imidazole rings is 1. The van der Waals surface area contributed by atoms with Crippen molar-refractivity contribution in [1.82, 2.24) is 14.3 Å². The van der Waals surface area contributed by atoms with E-state index in [1.54, 1.807) is 17.8 Å². The van der Waals surface area contributed by atoms with Gasteiger partial charge in [0.2, 0.25) is 6.41 Å². The Hall–Kier alpha value is -1.38. The first kappa shape index (κ1) is 17.4. The molecule has 1 unspecified atom stereocenters. The zero-order chi connectivity index (χ0) is 17.1. The highest BCUT2D eigenvalue weighted by molar-refractivity contribution is 14.2. The average molecular weight is 471 g/mol. The molecule has 2 heterocycles. The van der Waals surface area contributed by atoms with E-state index in [1.165, 1.54) is 0 Å². The molecule has 24 heavy (non-hydrogen) atoms. The Kier molecular flexibility index (Phi) is 5.57. The summed E-state index contributed by atoms with van der Waals surface area (Å²) in [6.45, 7) is 1.96. The fraction of sp³-hybridized carbons (Fsp3) is 0.133. The number of benzene rings is 1. The predicted molar refractivity (Wildman–Crippen MR) is 111 cm³/mol. The van der Waals surface area contributed by atoms with Crippen LogP contribution in [0.1, 0.15) is 5.82 Å². The number of carbonyl (C=O) groups excluding carboxylic acids is 1. The molecule has 0 aliphatic carbocycles. The molecule has 124 valence electrons. The summed E-state index contributed by atoms with van der Waals surface area (Å²) in [7, 11) is 0. The number of aromatic nitrogens is 3. The van der Waals surface area contributed by atoms with Crippen molar-refractivity contribution in [3.05, 3.63) is 36.2 Å². The Morgan fingerprint density at radius 2 is 2.08 bits per heavy atom. The van der Waals surface area contributed by atoms with Crippen LogP contribution in [0, 0.1) is 6.92 Å². The molecular weight excluding hydrogens is 456 g/mol. The van der Waals surface area contributed by atoms with Crippen LogP contribution in [-0.2, 0) is 4.79 Å². The molecular formula is C15H15IN5OPS. The van der Waals surface area contributed by atoms with Gasteiger partial charge in [-0.05, 0) is 47.4 Å². The minimum absolute atomic E-state index is 0.481. The number of carbonyl (C=O) groups is 1. The summed E-state index contributed by atoms with van der Waals surface area (Å²) in [5.41, 5.74) is 3.38. The van der Waals surface area contributed by atoms with Crippen molar-refractivity contribution in [3.8, 4) is 0 Å². The van der Waals surface area contributed by atoms with Crippen molar-refractivity contribution in [2.24, 2.45) is 0 Å². The van der Waals surface area contributed by atoms with E-state index in [4.69, 9.17) is 0 Å². The number of pyridine rings is 1. The number of hydrogen-bond acceptors (Lipinski definition) is 5. The average Bonchev–Trinajstić information content (AvgIpc) is 2.91. The van der Waals surface area contributed by atoms with E-state index in [0.29, 0.717) is 18.6 Å². The maximum Gasteiger partial charge on any atom is 0.212 e. The Bertz CT molecular complexity index is 901. The molecule has 1 atom stereocenters. The Labute approximate surface area is 158 Å². The van der Waals surface area contributed by atoms with Gasteiger partial charge in [0.25, 0.3) is 0 Å². The molecule has 3 rings (SSSR count). The van der Waals surface area contributed by atoms with Crippen molar-refractivity contribution in [2.75, 3.05) is 16.9 Å². The number of anilines is 3. The summed E-state index contributed by atoms with van der Waals surface area (Å²) in [4.78, 5) is 21.2. The highest BCUT2D eigenvalue weighted by Gasteiger charge is 2.15. The molecule has 2 aromatic heterocycles. The van der Waals surface area contributed by atoms with Crippen LogP contribution in [-0.4, -0.2) is 27.0 Å². The van der Waals surface area contributed by atoms with Crippen molar-refractivity contribution in [1.29, 1.82) is 0 Å². The molecule has 0 aliphatic rings. The van der Waals surface area contributed by atoms with E-state index in [0.717, 1.165) is 33.3 Å². The third-order valence-electron chi connectivity index (χ3n) is 3.45. The fourth-order valence-corrected chi connectivity index (χ4v) is 5.07. The summed E-state index contributed by atoms with van der Waals surface area (Å²) < 4.78 is 2.04. The lowest BCUT2D eigenvalue weighted by Crippen LogP contribution is -2.01. The molecule has 0 bridgehead atoms. The normalized spacial score (nSPS) is 11.3. The number of aryl methyl sites for hydroxylation is 1. The molecule has 0 saturated heterocycles. The number of hydrogen-bond donors (Lipinski definition) is 2. The van der Waals surface area contributed by atoms with Gasteiger partial charge < -0.3 is 10.6 Å². The first-order valence-corrected chi connectivity index (χ1v) is 12.3. The van der Waals surface area contributed by atoms with Crippen LogP contribution in [0.25, 0.3) is 11.2 Å². The maximum atomic E-state index is 10.8. The number of para-hydroxylation sites is 1. The van der Waals surface area contributed by atoms with Gasteiger partial charge in [-0.2, -0.15) is 0 Å². The van der Waals surface area contributed by atoms with E-state index >= 15 is 0 Å². The number of fused-ring (bicyclic) bond motifs is 1. The predicted octanol–water partition coefficient (Wildman–Crippen LogP) is 4.57. The monoisotopic (exact) mass is 471 g/mol. The van der Waals surface area contributed by atoms with Gasteiger partial charge in [-0.1, -0.05) is 12.1 Å². The number of thioether (sulfide) groups is 1. The molecule has 0 spiro atoms. The first-order chi connectivity index (χ1) is 11.7. The molecule has 0 aliphatic heterocycles. The second-order valence-corrected chi connectivity index (χ2v) is 7.81. The Morgan fingerprint density at radius 1 is 1.29 bits per heavy atom. The largest absolute Gasteiger partial charge is 0.353 e. The van der Waals surface area contributed by atoms with Gasteiger partial charge in [0.15, 0.2) is 5.65 Å². The summed E-state index contributed by atoms with van der Waals surface area (Å²) in [5, 5.41) is 6.08. The van der Waals surface area contributed by atoms with Crippen LogP contribution in [0.3, 0.4) is 0 Å². The molecule has 0 fully saturated rings. The highest BCUT2D eigenvalue weighted by Crippen LogP contribution is 2.36. The first-order valence-electron chi connectivity index (χ1n) is 7.05. The van der Waals surface area contributed by atoms with E-state index in [9.17, 15) is 4.79 Å². The van der Waals surface area contributed by atoms with Crippen LogP contribution < -0.4 is 10.6 Å². The van der Waals surface area contributed by atoms with Crippen LogP contribution in [0.15, 0.2) is 35.2 Å². The number of amides is 1. The van der Waals surface area contributed by atoms with Crippen LogP contribution in [0.4, 0.5) is 17.2 Å². The minimum Gasteiger partial charge on any atom is -0.353 e.